The van der Waals surface area contributed by atoms with E-state index < -0.39 is 0 Å². The molecule has 2 heterocycles. The van der Waals surface area contributed by atoms with Gasteiger partial charge in [-0.15, -0.1) is 0 Å². The van der Waals surface area contributed by atoms with Crippen molar-refractivity contribution in [3.8, 4) is 11.3 Å². The van der Waals surface area contributed by atoms with Crippen molar-refractivity contribution >= 4 is 6.29 Å². The van der Waals surface area contributed by atoms with Gasteiger partial charge < -0.3 is 4.42 Å². The highest BCUT2D eigenvalue weighted by Crippen LogP contribution is 2.17. The Kier molecular flexibility index (Phi) is 1.92. The lowest BCUT2D eigenvalue weighted by molar-refractivity contribution is 0.111. The van der Waals surface area contributed by atoms with Gasteiger partial charge in [0.05, 0.1) is 6.26 Å². The van der Waals surface area contributed by atoms with Crippen LogP contribution in [0.15, 0.2) is 41.1 Å². The summed E-state index contributed by atoms with van der Waals surface area (Å²) in [5, 5.41) is 0. The highest BCUT2D eigenvalue weighted by molar-refractivity contribution is 5.72. The number of rotatable bonds is 2. The summed E-state index contributed by atoms with van der Waals surface area (Å²) in [5.41, 5.74) is 1.30. The summed E-state index contributed by atoms with van der Waals surface area (Å²) in [6.07, 6.45) is 3.93. The van der Waals surface area contributed by atoms with E-state index in [2.05, 4.69) is 4.98 Å². The molecule has 0 saturated heterocycles. The Morgan fingerprint density at radius 1 is 1.31 bits per heavy atom. The number of carbonyl (C=O) groups is 1. The molecule has 0 aliphatic heterocycles. The standard InChI is InChI=1S/C10H7NO2/c12-7-9-4-3-8(6-11-9)10-2-1-5-13-10/h1-7H. The maximum Gasteiger partial charge on any atom is 0.168 e. The molecule has 2 aromatic heterocycles. The summed E-state index contributed by atoms with van der Waals surface area (Å²) in [7, 11) is 0. The van der Waals surface area contributed by atoms with Gasteiger partial charge >= 0.3 is 0 Å². The van der Waals surface area contributed by atoms with Crippen LogP contribution >= 0.6 is 0 Å². The molecule has 0 fully saturated rings. The normalized spacial score (nSPS) is 9.85. The number of pyridine rings is 1. The predicted octanol–water partition coefficient (Wildman–Crippen LogP) is 2.15. The second-order valence-electron chi connectivity index (χ2n) is 2.57. The number of hydrogen-bond acceptors (Lipinski definition) is 3. The quantitative estimate of drug-likeness (QED) is 0.653. The minimum Gasteiger partial charge on any atom is -0.464 e. The Bertz CT molecular complexity index is 389. The fraction of sp³-hybridized carbons (Fsp3) is 0. The fourth-order valence-electron chi connectivity index (χ4n) is 1.06. The molecule has 0 spiro atoms. The molecule has 0 aliphatic carbocycles. The van der Waals surface area contributed by atoms with E-state index in [1.807, 2.05) is 12.1 Å². The highest BCUT2D eigenvalue weighted by atomic mass is 16.3. The first kappa shape index (κ1) is 7.73. The summed E-state index contributed by atoms with van der Waals surface area (Å²) in [4.78, 5) is 14.2. The Morgan fingerprint density at radius 2 is 2.23 bits per heavy atom. The van der Waals surface area contributed by atoms with Gasteiger partial charge in [-0.25, -0.2) is 0 Å². The molecule has 64 valence electrons. The van der Waals surface area contributed by atoms with Crippen LogP contribution in [0.3, 0.4) is 0 Å². The zero-order chi connectivity index (χ0) is 9.10. The van der Waals surface area contributed by atoms with Gasteiger partial charge in [0.1, 0.15) is 11.5 Å². The van der Waals surface area contributed by atoms with Crippen molar-refractivity contribution in [2.75, 3.05) is 0 Å². The van der Waals surface area contributed by atoms with E-state index in [0.29, 0.717) is 12.0 Å². The van der Waals surface area contributed by atoms with Crippen LogP contribution in [0.1, 0.15) is 10.5 Å². The summed E-state index contributed by atoms with van der Waals surface area (Å²) in [6, 6.07) is 7.11. The molecule has 2 aromatic rings. The summed E-state index contributed by atoms with van der Waals surface area (Å²) >= 11 is 0. The van der Waals surface area contributed by atoms with Gasteiger partial charge in [0.15, 0.2) is 6.29 Å². The first-order valence-corrected chi connectivity index (χ1v) is 3.85. The highest BCUT2D eigenvalue weighted by Gasteiger charge is 1.99. The lowest BCUT2D eigenvalue weighted by Gasteiger charge is -1.94. The number of nitrogens with zero attached hydrogens (tertiary/aromatic N) is 1. The van der Waals surface area contributed by atoms with Crippen LogP contribution in [-0.4, -0.2) is 11.3 Å². The minimum atomic E-state index is 0.426. The first-order chi connectivity index (χ1) is 6.40. The molecule has 2 rings (SSSR count). The Labute approximate surface area is 75.0 Å². The number of carbonyl (C=O) groups excluding carboxylic acids is 1. The van der Waals surface area contributed by atoms with Gasteiger partial charge in [0.25, 0.3) is 0 Å². The van der Waals surface area contributed by atoms with Crippen molar-refractivity contribution in [3.63, 3.8) is 0 Å². The Morgan fingerprint density at radius 3 is 2.77 bits per heavy atom. The van der Waals surface area contributed by atoms with Crippen molar-refractivity contribution < 1.29 is 9.21 Å². The molecule has 3 nitrogen and oxygen atoms in total. The molecule has 0 atom stereocenters. The molecule has 0 radical (unpaired) electrons. The zero-order valence-corrected chi connectivity index (χ0v) is 6.81. The molecule has 0 unspecified atom stereocenters. The van der Waals surface area contributed by atoms with E-state index in [0.717, 1.165) is 11.3 Å². The van der Waals surface area contributed by atoms with E-state index in [1.54, 1.807) is 24.6 Å². The average Bonchev–Trinajstić information content (AvgIpc) is 2.71. The van der Waals surface area contributed by atoms with Crippen molar-refractivity contribution in [1.82, 2.24) is 4.98 Å². The predicted molar refractivity (Wildman–Crippen MR) is 47.3 cm³/mol. The molecular weight excluding hydrogens is 166 g/mol. The molecular formula is C10H7NO2. The third kappa shape index (κ3) is 1.49. The number of aldehydes is 1. The summed E-state index contributed by atoms with van der Waals surface area (Å²) in [5.74, 6) is 0.755. The lowest BCUT2D eigenvalue weighted by Crippen LogP contribution is -1.85. The molecule has 0 saturated carbocycles. The molecule has 3 heteroatoms. The monoisotopic (exact) mass is 173 g/mol. The van der Waals surface area contributed by atoms with Crippen LogP contribution in [-0.2, 0) is 0 Å². The van der Waals surface area contributed by atoms with Gasteiger partial charge in [-0.1, -0.05) is 0 Å². The van der Waals surface area contributed by atoms with E-state index in [9.17, 15) is 4.79 Å². The van der Waals surface area contributed by atoms with E-state index in [1.165, 1.54) is 0 Å². The zero-order valence-electron chi connectivity index (χ0n) is 6.81. The van der Waals surface area contributed by atoms with Crippen LogP contribution in [0, 0.1) is 0 Å². The largest absolute Gasteiger partial charge is 0.464 e. The van der Waals surface area contributed by atoms with Crippen LogP contribution in [0.5, 0.6) is 0 Å². The summed E-state index contributed by atoms with van der Waals surface area (Å²) < 4.78 is 5.16. The second-order valence-corrected chi connectivity index (χ2v) is 2.57. The van der Waals surface area contributed by atoms with Crippen molar-refractivity contribution in [2.45, 2.75) is 0 Å². The van der Waals surface area contributed by atoms with Gasteiger partial charge in [0.2, 0.25) is 0 Å². The molecule has 0 bridgehead atoms. The first-order valence-electron chi connectivity index (χ1n) is 3.85. The van der Waals surface area contributed by atoms with Crippen LogP contribution in [0.25, 0.3) is 11.3 Å². The van der Waals surface area contributed by atoms with Gasteiger partial charge in [-0.2, -0.15) is 0 Å². The van der Waals surface area contributed by atoms with Crippen LogP contribution in [0.2, 0.25) is 0 Å². The van der Waals surface area contributed by atoms with E-state index in [-0.39, 0.29) is 0 Å². The van der Waals surface area contributed by atoms with Crippen LogP contribution in [0.4, 0.5) is 0 Å². The smallest absolute Gasteiger partial charge is 0.168 e. The molecule has 13 heavy (non-hydrogen) atoms. The number of aromatic nitrogens is 1. The number of hydrogen-bond donors (Lipinski definition) is 0. The maximum absolute atomic E-state index is 10.3. The van der Waals surface area contributed by atoms with E-state index >= 15 is 0 Å². The molecule has 0 aliphatic rings. The van der Waals surface area contributed by atoms with Crippen LogP contribution < -0.4 is 0 Å². The van der Waals surface area contributed by atoms with E-state index in [4.69, 9.17) is 4.42 Å². The maximum atomic E-state index is 10.3. The van der Waals surface area contributed by atoms with Gasteiger partial charge in [-0.05, 0) is 24.3 Å². The van der Waals surface area contributed by atoms with Crippen molar-refractivity contribution in [3.05, 3.63) is 42.4 Å². The Hall–Kier alpha value is -1.90. The SMILES string of the molecule is O=Cc1ccc(-c2ccco2)cn1. The van der Waals surface area contributed by atoms with Gasteiger partial charge in [0, 0.05) is 11.8 Å². The lowest BCUT2D eigenvalue weighted by atomic mass is 10.2. The third-order valence-electron chi connectivity index (χ3n) is 1.71. The molecule has 0 amide bonds. The molecule has 0 N–H and O–H groups in total. The second kappa shape index (κ2) is 3.23. The average molecular weight is 173 g/mol. The van der Waals surface area contributed by atoms with Crippen molar-refractivity contribution in [2.24, 2.45) is 0 Å². The topological polar surface area (TPSA) is 43.1 Å². The third-order valence-corrected chi connectivity index (χ3v) is 1.71. The summed E-state index contributed by atoms with van der Waals surface area (Å²) in [6.45, 7) is 0. The Balaban J connectivity index is 2.38. The van der Waals surface area contributed by atoms with Gasteiger partial charge in [-0.3, -0.25) is 9.78 Å². The number of furan rings is 1. The molecule has 0 aromatic carbocycles. The minimum absolute atomic E-state index is 0.426. The van der Waals surface area contributed by atoms with Crippen molar-refractivity contribution in [1.29, 1.82) is 0 Å². The fourth-order valence-corrected chi connectivity index (χ4v) is 1.06.